The van der Waals surface area contributed by atoms with E-state index in [0.29, 0.717) is 49.7 Å². The second-order valence-corrected chi connectivity index (χ2v) is 12.8. The van der Waals surface area contributed by atoms with Crippen molar-refractivity contribution in [3.8, 4) is 0 Å². The van der Waals surface area contributed by atoms with Gasteiger partial charge in [-0.1, -0.05) is 66.7 Å². The van der Waals surface area contributed by atoms with Crippen LogP contribution in [0.15, 0.2) is 108 Å². The highest BCUT2D eigenvalue weighted by Gasteiger charge is 2.30. The van der Waals surface area contributed by atoms with E-state index in [9.17, 15) is 17.6 Å². The van der Waals surface area contributed by atoms with Gasteiger partial charge in [0.25, 0.3) is 0 Å². The van der Waals surface area contributed by atoms with Crippen LogP contribution in [0.3, 0.4) is 0 Å². The third-order valence-electron chi connectivity index (χ3n) is 8.22. The molecule has 0 aromatic heterocycles. The quantitative estimate of drug-likeness (QED) is 0.234. The number of rotatable bonds is 8. The molecule has 1 saturated heterocycles. The van der Waals surface area contributed by atoms with Gasteiger partial charge in [0, 0.05) is 44.0 Å². The van der Waals surface area contributed by atoms with E-state index in [1.807, 2.05) is 64.4 Å². The molecule has 1 heterocycles. The first-order chi connectivity index (χ1) is 21.4. The van der Waals surface area contributed by atoms with E-state index < -0.39 is 10.0 Å². The molecular formula is C35H35FN4O3S. The Balaban J connectivity index is 1.27. The van der Waals surface area contributed by atoms with Crippen molar-refractivity contribution in [1.29, 1.82) is 0 Å². The van der Waals surface area contributed by atoms with E-state index in [2.05, 4.69) is 16.1 Å². The minimum atomic E-state index is -4.00. The maximum absolute atomic E-state index is 14.5. The van der Waals surface area contributed by atoms with Crippen LogP contribution >= 0.6 is 0 Å². The van der Waals surface area contributed by atoms with Crippen molar-refractivity contribution in [2.75, 3.05) is 41.3 Å². The number of hydrogen-bond acceptors (Lipinski definition) is 5. The van der Waals surface area contributed by atoms with Crippen molar-refractivity contribution in [1.82, 2.24) is 4.72 Å². The van der Waals surface area contributed by atoms with Gasteiger partial charge in [0.05, 0.1) is 11.4 Å². The molecule has 2 N–H and O–H groups in total. The second-order valence-electron chi connectivity index (χ2n) is 11.1. The monoisotopic (exact) mass is 610 g/mol. The van der Waals surface area contributed by atoms with Gasteiger partial charge in [-0.25, -0.2) is 17.5 Å². The lowest BCUT2D eigenvalue weighted by Crippen LogP contribution is -2.47. The zero-order valence-corrected chi connectivity index (χ0v) is 25.1. The molecular weight excluding hydrogens is 575 g/mol. The summed E-state index contributed by atoms with van der Waals surface area (Å²) in [5.74, 6) is -0.639. The maximum atomic E-state index is 14.5. The molecule has 0 bridgehead atoms. The summed E-state index contributed by atoms with van der Waals surface area (Å²) in [6, 6.07) is 28.8. The molecule has 7 nitrogen and oxygen atoms in total. The van der Waals surface area contributed by atoms with Crippen LogP contribution in [0.25, 0.3) is 6.08 Å². The fourth-order valence-corrected chi connectivity index (χ4v) is 7.51. The van der Waals surface area contributed by atoms with Crippen LogP contribution in [0, 0.1) is 5.82 Å². The lowest BCUT2D eigenvalue weighted by Gasteiger charge is -2.38. The molecule has 4 aromatic rings. The van der Waals surface area contributed by atoms with E-state index in [1.54, 1.807) is 30.3 Å². The predicted octanol–water partition coefficient (Wildman–Crippen LogP) is 6.16. The number of carbonyl (C=O) groups excluding carboxylic acids is 1. The summed E-state index contributed by atoms with van der Waals surface area (Å²) in [4.78, 5) is 16.9. The zero-order valence-electron chi connectivity index (χ0n) is 24.3. The number of nitrogens with zero attached hydrogens (tertiary/aromatic N) is 2. The first kappa shape index (κ1) is 29.6. The largest absolute Gasteiger partial charge is 0.367 e. The Morgan fingerprint density at radius 2 is 1.50 bits per heavy atom. The standard InChI is InChI=1S/C35H35FN4O3S/c36-30-14-6-7-16-32(30)39-21-23-40(24-22-39)33-19-18-28(37-35(41)20-17-26-9-2-1-3-10-26)25-34(33)44(42,43)38-31-15-8-12-27-11-4-5-13-29(27)31/h1-7,9-11,13-14,16-20,25,31,38H,8,12,15,21-24H2,(H,37,41). The van der Waals surface area contributed by atoms with Crippen molar-refractivity contribution in [2.45, 2.75) is 30.2 Å². The molecule has 1 unspecified atom stereocenters. The first-order valence-corrected chi connectivity index (χ1v) is 16.4. The van der Waals surface area contributed by atoms with Gasteiger partial charge in [0.15, 0.2) is 0 Å². The van der Waals surface area contributed by atoms with Crippen LogP contribution in [0.2, 0.25) is 0 Å². The van der Waals surface area contributed by atoms with E-state index in [4.69, 9.17) is 0 Å². The van der Waals surface area contributed by atoms with Gasteiger partial charge in [-0.3, -0.25) is 4.79 Å². The van der Waals surface area contributed by atoms with Gasteiger partial charge in [-0.15, -0.1) is 0 Å². The van der Waals surface area contributed by atoms with Gasteiger partial charge >= 0.3 is 0 Å². The van der Waals surface area contributed by atoms with Crippen LogP contribution in [-0.4, -0.2) is 40.5 Å². The Labute approximate surface area is 258 Å². The van der Waals surface area contributed by atoms with Crippen LogP contribution in [0.4, 0.5) is 21.5 Å². The van der Waals surface area contributed by atoms with Crippen molar-refractivity contribution < 1.29 is 17.6 Å². The molecule has 2 aliphatic rings. The van der Waals surface area contributed by atoms with Crippen LogP contribution in [0.5, 0.6) is 0 Å². The summed E-state index contributed by atoms with van der Waals surface area (Å²) in [7, 11) is -4.00. The molecule has 9 heteroatoms. The normalized spacial score (nSPS) is 17.0. The number of sulfonamides is 1. The van der Waals surface area contributed by atoms with Gasteiger partial charge in [0.1, 0.15) is 10.7 Å². The highest BCUT2D eigenvalue weighted by Crippen LogP contribution is 2.35. The Morgan fingerprint density at radius 3 is 2.27 bits per heavy atom. The predicted molar refractivity (Wildman–Crippen MR) is 174 cm³/mol. The van der Waals surface area contributed by atoms with Gasteiger partial charge in [-0.05, 0) is 72.4 Å². The number of amides is 1. The van der Waals surface area contributed by atoms with Crippen LogP contribution in [-0.2, 0) is 21.2 Å². The summed E-state index contributed by atoms with van der Waals surface area (Å²) in [5.41, 5.74) is 4.51. The molecule has 0 radical (unpaired) electrons. The number of aryl methyl sites for hydroxylation is 1. The fraction of sp³-hybridized carbons (Fsp3) is 0.229. The SMILES string of the molecule is O=C(C=Cc1ccccc1)Nc1ccc(N2CCN(c3ccccc3F)CC2)c(S(=O)(=O)NC2CCCc3ccccc32)c1. The smallest absolute Gasteiger partial charge is 0.248 e. The number of piperazine rings is 1. The lowest BCUT2D eigenvalue weighted by molar-refractivity contribution is -0.111. The third kappa shape index (κ3) is 6.69. The molecule has 6 rings (SSSR count). The minimum absolute atomic E-state index is 0.102. The number of hydrogen-bond donors (Lipinski definition) is 2. The lowest BCUT2D eigenvalue weighted by atomic mass is 9.88. The van der Waals surface area contributed by atoms with E-state index >= 15 is 0 Å². The van der Waals surface area contributed by atoms with Crippen molar-refractivity contribution in [3.05, 3.63) is 126 Å². The van der Waals surface area contributed by atoms with E-state index in [0.717, 1.165) is 29.5 Å². The van der Waals surface area contributed by atoms with E-state index in [-0.39, 0.29) is 22.7 Å². The van der Waals surface area contributed by atoms with E-state index in [1.165, 1.54) is 18.2 Å². The topological polar surface area (TPSA) is 81.8 Å². The average Bonchev–Trinajstić information content (AvgIpc) is 3.05. The molecule has 1 fully saturated rings. The minimum Gasteiger partial charge on any atom is -0.367 e. The molecule has 1 aliphatic heterocycles. The highest BCUT2D eigenvalue weighted by molar-refractivity contribution is 7.89. The molecule has 4 aromatic carbocycles. The summed E-state index contributed by atoms with van der Waals surface area (Å²) < 4.78 is 45.7. The van der Waals surface area contributed by atoms with Crippen molar-refractivity contribution in [2.24, 2.45) is 0 Å². The Bertz CT molecular complexity index is 1770. The Hall–Kier alpha value is -4.47. The molecule has 0 saturated carbocycles. The maximum Gasteiger partial charge on any atom is 0.248 e. The summed E-state index contributed by atoms with van der Waals surface area (Å²) in [6.45, 7) is 2.09. The number of para-hydroxylation sites is 1. The number of halogens is 1. The number of carbonyl (C=O) groups is 1. The van der Waals surface area contributed by atoms with Crippen LogP contribution in [0.1, 0.15) is 35.6 Å². The summed E-state index contributed by atoms with van der Waals surface area (Å²) in [5, 5.41) is 2.82. The number of fused-ring (bicyclic) bond motifs is 1. The van der Waals surface area contributed by atoms with Gasteiger partial charge < -0.3 is 15.1 Å². The Kier molecular flexibility index (Phi) is 8.77. The average molecular weight is 611 g/mol. The molecule has 226 valence electrons. The molecule has 0 spiro atoms. The highest BCUT2D eigenvalue weighted by atomic mass is 32.2. The third-order valence-corrected chi connectivity index (χ3v) is 9.72. The van der Waals surface area contributed by atoms with Gasteiger partial charge in [0.2, 0.25) is 15.9 Å². The summed E-state index contributed by atoms with van der Waals surface area (Å²) in [6.07, 6.45) is 5.64. The van der Waals surface area contributed by atoms with Crippen molar-refractivity contribution >= 4 is 39.1 Å². The first-order valence-electron chi connectivity index (χ1n) is 14.9. The molecule has 44 heavy (non-hydrogen) atoms. The summed E-state index contributed by atoms with van der Waals surface area (Å²) >= 11 is 0. The number of benzene rings is 4. The van der Waals surface area contributed by atoms with Crippen molar-refractivity contribution in [3.63, 3.8) is 0 Å². The molecule has 1 atom stereocenters. The Morgan fingerprint density at radius 1 is 0.818 bits per heavy atom. The van der Waals surface area contributed by atoms with Crippen LogP contribution < -0.4 is 19.8 Å². The number of nitrogens with one attached hydrogen (secondary N) is 2. The number of anilines is 3. The molecule has 1 amide bonds. The zero-order chi connectivity index (χ0) is 30.5. The van der Waals surface area contributed by atoms with Gasteiger partial charge in [-0.2, -0.15) is 0 Å². The fourth-order valence-electron chi connectivity index (χ4n) is 6.01. The second kappa shape index (κ2) is 13.0. The molecule has 1 aliphatic carbocycles.